The summed E-state index contributed by atoms with van der Waals surface area (Å²) in [6, 6.07) is 7.44. The van der Waals surface area contributed by atoms with Crippen molar-refractivity contribution in [2.45, 2.75) is 45.6 Å². The van der Waals surface area contributed by atoms with Gasteiger partial charge in [-0.05, 0) is 37.5 Å². The molecule has 1 aromatic carbocycles. The lowest BCUT2D eigenvalue weighted by atomic mass is 9.83. The number of thiazole rings is 1. The van der Waals surface area contributed by atoms with Crippen LogP contribution in [-0.4, -0.2) is 10.9 Å². The van der Waals surface area contributed by atoms with E-state index < -0.39 is 5.41 Å². The molecule has 0 atom stereocenters. The molecule has 1 heterocycles. The van der Waals surface area contributed by atoms with Crippen LogP contribution in [0.15, 0.2) is 29.6 Å². The molecule has 0 aliphatic carbocycles. The van der Waals surface area contributed by atoms with Crippen LogP contribution in [-0.2, 0) is 16.8 Å². The number of nitrogens with one attached hydrogen (secondary N) is 1. The molecule has 3 N–H and O–H groups in total. The lowest BCUT2D eigenvalue weighted by molar-refractivity contribution is -0.125. The van der Waals surface area contributed by atoms with Gasteiger partial charge in [-0.3, -0.25) is 4.79 Å². The van der Waals surface area contributed by atoms with E-state index in [1.54, 1.807) is 11.3 Å². The first-order chi connectivity index (χ1) is 10.3. The van der Waals surface area contributed by atoms with Gasteiger partial charge in [0.1, 0.15) is 5.01 Å². The van der Waals surface area contributed by atoms with E-state index in [0.717, 1.165) is 16.3 Å². The van der Waals surface area contributed by atoms with Gasteiger partial charge >= 0.3 is 0 Å². The molecule has 0 aliphatic heterocycles. The van der Waals surface area contributed by atoms with Gasteiger partial charge in [0.2, 0.25) is 5.91 Å². The van der Waals surface area contributed by atoms with Crippen molar-refractivity contribution in [2.75, 3.05) is 5.73 Å². The number of nitrogen functional groups attached to an aromatic ring is 1. The number of nitrogens with zero attached hydrogens (tertiary/aromatic N) is 1. The van der Waals surface area contributed by atoms with Crippen LogP contribution < -0.4 is 11.1 Å². The van der Waals surface area contributed by atoms with E-state index in [-0.39, 0.29) is 5.91 Å². The Morgan fingerprint density at radius 1 is 1.32 bits per heavy atom. The summed E-state index contributed by atoms with van der Waals surface area (Å²) in [6.45, 7) is 8.52. The van der Waals surface area contributed by atoms with Gasteiger partial charge in [-0.2, -0.15) is 0 Å². The van der Waals surface area contributed by atoms with E-state index in [1.807, 2.05) is 38.1 Å². The minimum absolute atomic E-state index is 0.0152. The maximum Gasteiger partial charge on any atom is 0.230 e. The average Bonchev–Trinajstić information content (AvgIpc) is 2.94. The normalized spacial score (nSPS) is 11.7. The Kier molecular flexibility index (Phi) is 4.86. The summed E-state index contributed by atoms with van der Waals surface area (Å²) >= 11 is 1.59. The second-order valence-electron chi connectivity index (χ2n) is 6.25. The van der Waals surface area contributed by atoms with Gasteiger partial charge in [0.25, 0.3) is 0 Å². The summed E-state index contributed by atoms with van der Waals surface area (Å²) in [5.41, 5.74) is 7.81. The van der Waals surface area contributed by atoms with Crippen LogP contribution >= 0.6 is 11.3 Å². The highest BCUT2D eigenvalue weighted by Crippen LogP contribution is 2.25. The number of benzene rings is 1. The quantitative estimate of drug-likeness (QED) is 0.830. The number of hydrogen-bond donors (Lipinski definition) is 2. The molecule has 4 nitrogen and oxygen atoms in total. The molecule has 0 radical (unpaired) electrons. The number of rotatable bonds is 5. The van der Waals surface area contributed by atoms with Crippen molar-refractivity contribution >= 4 is 22.9 Å². The first kappa shape index (κ1) is 16.5. The highest BCUT2D eigenvalue weighted by molar-refractivity contribution is 7.09. The zero-order valence-corrected chi connectivity index (χ0v) is 14.3. The van der Waals surface area contributed by atoms with Crippen molar-refractivity contribution < 1.29 is 4.79 Å². The molecule has 0 saturated carbocycles. The second-order valence-corrected chi connectivity index (χ2v) is 7.19. The maximum absolute atomic E-state index is 12.5. The molecule has 1 amide bonds. The van der Waals surface area contributed by atoms with Crippen LogP contribution in [0.2, 0.25) is 0 Å². The van der Waals surface area contributed by atoms with Crippen LogP contribution in [0.4, 0.5) is 5.69 Å². The van der Waals surface area contributed by atoms with E-state index in [9.17, 15) is 4.79 Å². The highest BCUT2D eigenvalue weighted by atomic mass is 32.1. The smallest absolute Gasteiger partial charge is 0.230 e. The van der Waals surface area contributed by atoms with Gasteiger partial charge in [0.05, 0.1) is 17.7 Å². The fourth-order valence-electron chi connectivity index (χ4n) is 2.08. The van der Waals surface area contributed by atoms with Gasteiger partial charge in [0.15, 0.2) is 0 Å². The monoisotopic (exact) mass is 317 g/mol. The van der Waals surface area contributed by atoms with E-state index >= 15 is 0 Å². The topological polar surface area (TPSA) is 68.0 Å². The standard InChI is InChI=1S/C17H23N3OS/c1-11(2)14-10-22-15(20-14)9-19-16(21)17(3,4)12-5-7-13(18)8-6-12/h5-8,10-11H,9,18H2,1-4H3,(H,19,21). The molecule has 22 heavy (non-hydrogen) atoms. The largest absolute Gasteiger partial charge is 0.399 e. The molecule has 0 unspecified atom stereocenters. The molecule has 5 heteroatoms. The fraction of sp³-hybridized carbons (Fsp3) is 0.412. The molecule has 1 aromatic heterocycles. The SMILES string of the molecule is CC(C)c1csc(CNC(=O)C(C)(C)c2ccc(N)cc2)n1. The lowest BCUT2D eigenvalue weighted by Gasteiger charge is -2.24. The third-order valence-corrected chi connectivity index (χ3v) is 4.63. The number of amides is 1. The molecule has 0 fully saturated rings. The first-order valence-corrected chi connectivity index (χ1v) is 8.27. The molecule has 0 aliphatic rings. The number of aromatic nitrogens is 1. The van der Waals surface area contributed by atoms with Crippen molar-refractivity contribution in [3.05, 3.63) is 45.9 Å². The van der Waals surface area contributed by atoms with E-state index in [0.29, 0.717) is 18.2 Å². The van der Waals surface area contributed by atoms with Crippen LogP contribution in [0.5, 0.6) is 0 Å². The van der Waals surface area contributed by atoms with Gasteiger partial charge in [-0.25, -0.2) is 4.98 Å². The summed E-state index contributed by atoms with van der Waals surface area (Å²) in [4.78, 5) is 17.0. The van der Waals surface area contributed by atoms with Crippen molar-refractivity contribution in [3.8, 4) is 0 Å². The molecular formula is C17H23N3OS. The van der Waals surface area contributed by atoms with E-state index in [2.05, 4.69) is 29.5 Å². The Labute approximate surface area is 135 Å². The van der Waals surface area contributed by atoms with Gasteiger partial charge < -0.3 is 11.1 Å². The zero-order valence-electron chi connectivity index (χ0n) is 13.5. The summed E-state index contributed by atoms with van der Waals surface area (Å²) in [7, 11) is 0. The highest BCUT2D eigenvalue weighted by Gasteiger charge is 2.29. The minimum atomic E-state index is -0.605. The molecule has 0 bridgehead atoms. The number of carbonyl (C=O) groups excluding carboxylic acids is 1. The van der Waals surface area contributed by atoms with Gasteiger partial charge in [-0.1, -0.05) is 26.0 Å². The van der Waals surface area contributed by atoms with Crippen molar-refractivity contribution in [1.82, 2.24) is 10.3 Å². The molecule has 118 valence electrons. The van der Waals surface area contributed by atoms with Gasteiger partial charge in [-0.15, -0.1) is 11.3 Å². The minimum Gasteiger partial charge on any atom is -0.399 e. The molecular weight excluding hydrogens is 294 g/mol. The number of nitrogens with two attached hydrogens (primary N) is 1. The maximum atomic E-state index is 12.5. The Morgan fingerprint density at radius 2 is 1.95 bits per heavy atom. The second kappa shape index (κ2) is 6.48. The Morgan fingerprint density at radius 3 is 2.50 bits per heavy atom. The third-order valence-electron chi connectivity index (χ3n) is 3.76. The summed E-state index contributed by atoms with van der Waals surface area (Å²) < 4.78 is 0. The summed E-state index contributed by atoms with van der Waals surface area (Å²) in [5.74, 6) is 0.394. The predicted octanol–water partition coefficient (Wildman–Crippen LogP) is 3.44. The number of carbonyl (C=O) groups is 1. The third kappa shape index (κ3) is 3.65. The van der Waals surface area contributed by atoms with Crippen molar-refractivity contribution in [3.63, 3.8) is 0 Å². The Bertz CT molecular complexity index is 644. The Balaban J connectivity index is 2.02. The average molecular weight is 317 g/mol. The zero-order chi connectivity index (χ0) is 16.3. The molecule has 0 saturated heterocycles. The van der Waals surface area contributed by atoms with Crippen LogP contribution in [0.1, 0.15) is 49.9 Å². The van der Waals surface area contributed by atoms with Crippen LogP contribution in [0.25, 0.3) is 0 Å². The lowest BCUT2D eigenvalue weighted by Crippen LogP contribution is -2.39. The summed E-state index contributed by atoms with van der Waals surface area (Å²) in [5, 5.41) is 5.97. The van der Waals surface area contributed by atoms with Crippen LogP contribution in [0.3, 0.4) is 0 Å². The predicted molar refractivity (Wildman–Crippen MR) is 91.9 cm³/mol. The number of hydrogen-bond acceptors (Lipinski definition) is 4. The molecule has 0 spiro atoms. The van der Waals surface area contributed by atoms with Crippen molar-refractivity contribution in [2.24, 2.45) is 0 Å². The number of anilines is 1. The van der Waals surface area contributed by atoms with E-state index in [4.69, 9.17) is 5.73 Å². The van der Waals surface area contributed by atoms with Crippen molar-refractivity contribution in [1.29, 1.82) is 0 Å². The fourth-order valence-corrected chi connectivity index (χ4v) is 2.97. The molecule has 2 rings (SSSR count). The van der Waals surface area contributed by atoms with Gasteiger partial charge in [0, 0.05) is 11.1 Å². The molecule has 2 aromatic rings. The van der Waals surface area contributed by atoms with Crippen LogP contribution in [0, 0.1) is 0 Å². The summed E-state index contributed by atoms with van der Waals surface area (Å²) in [6.07, 6.45) is 0. The Hall–Kier alpha value is -1.88. The first-order valence-electron chi connectivity index (χ1n) is 7.39. The van der Waals surface area contributed by atoms with E-state index in [1.165, 1.54) is 0 Å².